The summed E-state index contributed by atoms with van der Waals surface area (Å²) in [6.45, 7) is 3.61. The maximum Gasteiger partial charge on any atom is 0.273 e. The zero-order valence-electron chi connectivity index (χ0n) is 10.7. The third-order valence-electron chi connectivity index (χ3n) is 2.70. The molecule has 2 rings (SSSR count). The van der Waals surface area contributed by atoms with Gasteiger partial charge < -0.3 is 4.42 Å². The molecule has 0 aliphatic rings. The van der Waals surface area contributed by atoms with E-state index in [1.54, 1.807) is 25.0 Å². The van der Waals surface area contributed by atoms with E-state index in [-0.39, 0.29) is 5.91 Å². The first-order chi connectivity index (χ1) is 8.58. The number of hydrazine groups is 1. The second kappa shape index (κ2) is 4.96. The molecule has 18 heavy (non-hydrogen) atoms. The molecule has 1 N–H and O–H groups in total. The number of aryl methyl sites for hydroxylation is 2. The Bertz CT molecular complexity index is 546. The maximum atomic E-state index is 12.0. The Morgan fingerprint density at radius 1 is 1.22 bits per heavy atom. The molecular formula is C14H16N2O2. The minimum Gasteiger partial charge on any atom is -0.466 e. The van der Waals surface area contributed by atoms with Gasteiger partial charge in [-0.05, 0) is 32.0 Å². The fraction of sp³-hybridized carbons (Fsp3) is 0.214. The number of anilines is 1. The van der Waals surface area contributed by atoms with E-state index in [4.69, 9.17) is 4.42 Å². The van der Waals surface area contributed by atoms with Gasteiger partial charge in [0.2, 0.25) is 0 Å². The van der Waals surface area contributed by atoms with Gasteiger partial charge in [0.15, 0.2) is 0 Å². The van der Waals surface area contributed by atoms with Gasteiger partial charge in [-0.1, -0.05) is 18.2 Å². The van der Waals surface area contributed by atoms with E-state index in [1.165, 1.54) is 0 Å². The van der Waals surface area contributed by atoms with Crippen molar-refractivity contribution in [3.8, 4) is 0 Å². The number of carbonyl (C=O) groups is 1. The largest absolute Gasteiger partial charge is 0.466 e. The van der Waals surface area contributed by atoms with Crippen molar-refractivity contribution in [2.45, 2.75) is 13.8 Å². The van der Waals surface area contributed by atoms with Gasteiger partial charge in [-0.2, -0.15) is 0 Å². The third-order valence-corrected chi connectivity index (χ3v) is 2.70. The Kier molecular flexibility index (Phi) is 3.37. The van der Waals surface area contributed by atoms with E-state index in [0.717, 1.165) is 11.4 Å². The maximum absolute atomic E-state index is 12.0. The molecule has 1 aromatic heterocycles. The first-order valence-electron chi connectivity index (χ1n) is 5.74. The lowest BCUT2D eigenvalue weighted by molar-refractivity contribution is 0.0950. The topological polar surface area (TPSA) is 45.5 Å². The number of amides is 1. The average molecular weight is 244 g/mol. The van der Waals surface area contributed by atoms with E-state index in [0.29, 0.717) is 11.3 Å². The smallest absolute Gasteiger partial charge is 0.273 e. The van der Waals surface area contributed by atoms with Gasteiger partial charge in [-0.15, -0.1) is 0 Å². The van der Waals surface area contributed by atoms with Crippen LogP contribution in [0, 0.1) is 13.8 Å². The number of furan rings is 1. The van der Waals surface area contributed by atoms with Gasteiger partial charge in [-0.3, -0.25) is 15.2 Å². The Hall–Kier alpha value is -2.23. The van der Waals surface area contributed by atoms with Crippen LogP contribution in [0.2, 0.25) is 0 Å². The van der Waals surface area contributed by atoms with Crippen molar-refractivity contribution in [2.24, 2.45) is 0 Å². The monoisotopic (exact) mass is 244 g/mol. The predicted molar refractivity (Wildman–Crippen MR) is 70.5 cm³/mol. The van der Waals surface area contributed by atoms with Crippen LogP contribution in [-0.2, 0) is 0 Å². The number of hydrogen-bond acceptors (Lipinski definition) is 3. The first kappa shape index (κ1) is 12.2. The van der Waals surface area contributed by atoms with Crippen molar-refractivity contribution in [3.05, 3.63) is 53.5 Å². The SMILES string of the molecule is Cc1cc(C(=O)NN(C)c2ccccc2)c(C)o1. The summed E-state index contributed by atoms with van der Waals surface area (Å²) >= 11 is 0. The average Bonchev–Trinajstić information content (AvgIpc) is 2.69. The lowest BCUT2D eigenvalue weighted by Gasteiger charge is -2.19. The summed E-state index contributed by atoms with van der Waals surface area (Å²) in [5.41, 5.74) is 4.29. The minimum atomic E-state index is -0.171. The molecule has 0 saturated heterocycles. The van der Waals surface area contributed by atoms with Crippen molar-refractivity contribution in [1.29, 1.82) is 0 Å². The molecule has 4 heteroatoms. The molecule has 1 aromatic carbocycles. The van der Waals surface area contributed by atoms with Gasteiger partial charge >= 0.3 is 0 Å². The van der Waals surface area contributed by atoms with Gasteiger partial charge in [0, 0.05) is 7.05 Å². The summed E-state index contributed by atoms with van der Waals surface area (Å²) in [6, 6.07) is 11.4. The van der Waals surface area contributed by atoms with Crippen LogP contribution >= 0.6 is 0 Å². The second-order valence-corrected chi connectivity index (χ2v) is 4.16. The van der Waals surface area contributed by atoms with Crippen molar-refractivity contribution < 1.29 is 9.21 Å². The number of rotatable bonds is 3. The van der Waals surface area contributed by atoms with Crippen molar-refractivity contribution >= 4 is 11.6 Å². The molecule has 1 amide bonds. The van der Waals surface area contributed by atoms with Crippen LogP contribution in [0.5, 0.6) is 0 Å². The van der Waals surface area contributed by atoms with Gasteiger partial charge in [0.1, 0.15) is 11.5 Å². The zero-order valence-corrected chi connectivity index (χ0v) is 10.7. The third kappa shape index (κ3) is 2.53. The van der Waals surface area contributed by atoms with Crippen LogP contribution in [0.25, 0.3) is 0 Å². The fourth-order valence-corrected chi connectivity index (χ4v) is 1.78. The second-order valence-electron chi connectivity index (χ2n) is 4.16. The Morgan fingerprint density at radius 3 is 2.44 bits per heavy atom. The Labute approximate surface area is 106 Å². The highest BCUT2D eigenvalue weighted by Gasteiger charge is 2.14. The molecule has 2 aromatic rings. The molecule has 0 bridgehead atoms. The molecule has 94 valence electrons. The molecule has 0 aliphatic carbocycles. The quantitative estimate of drug-likeness (QED) is 0.844. The van der Waals surface area contributed by atoms with Crippen molar-refractivity contribution in [3.63, 3.8) is 0 Å². The van der Waals surface area contributed by atoms with Crippen LogP contribution < -0.4 is 10.4 Å². The predicted octanol–water partition coefficient (Wildman–Crippen LogP) is 2.68. The minimum absolute atomic E-state index is 0.171. The van der Waals surface area contributed by atoms with Crippen molar-refractivity contribution in [2.75, 3.05) is 12.1 Å². The molecular weight excluding hydrogens is 228 g/mol. The number of carbonyl (C=O) groups excluding carboxylic acids is 1. The highest BCUT2D eigenvalue weighted by Crippen LogP contribution is 2.14. The summed E-state index contributed by atoms with van der Waals surface area (Å²) in [5.74, 6) is 1.20. The Morgan fingerprint density at radius 2 is 1.89 bits per heavy atom. The molecule has 0 saturated carbocycles. The highest BCUT2D eigenvalue weighted by atomic mass is 16.3. The standard InChI is InChI=1S/C14H16N2O2/c1-10-9-13(11(2)18-10)14(17)15-16(3)12-7-5-4-6-8-12/h4-9H,1-3H3,(H,15,17). The number of nitrogens with zero attached hydrogens (tertiary/aromatic N) is 1. The number of nitrogens with one attached hydrogen (secondary N) is 1. The number of benzene rings is 1. The van der Waals surface area contributed by atoms with Crippen LogP contribution in [0.4, 0.5) is 5.69 Å². The number of para-hydroxylation sites is 1. The van der Waals surface area contributed by atoms with Gasteiger partial charge in [0.25, 0.3) is 5.91 Å². The van der Waals surface area contributed by atoms with Crippen LogP contribution in [0.3, 0.4) is 0 Å². The fourth-order valence-electron chi connectivity index (χ4n) is 1.78. The first-order valence-corrected chi connectivity index (χ1v) is 5.74. The molecule has 0 spiro atoms. The van der Waals surface area contributed by atoms with Gasteiger partial charge in [0.05, 0.1) is 11.3 Å². The molecule has 1 heterocycles. The van der Waals surface area contributed by atoms with Crippen LogP contribution in [0.1, 0.15) is 21.9 Å². The van der Waals surface area contributed by atoms with Crippen LogP contribution in [-0.4, -0.2) is 13.0 Å². The van der Waals surface area contributed by atoms with E-state index >= 15 is 0 Å². The lowest BCUT2D eigenvalue weighted by Crippen LogP contribution is -2.39. The highest BCUT2D eigenvalue weighted by molar-refractivity contribution is 5.96. The van der Waals surface area contributed by atoms with Crippen molar-refractivity contribution in [1.82, 2.24) is 5.43 Å². The summed E-state index contributed by atoms with van der Waals surface area (Å²) < 4.78 is 5.34. The zero-order chi connectivity index (χ0) is 13.1. The van der Waals surface area contributed by atoms with E-state index < -0.39 is 0 Å². The summed E-state index contributed by atoms with van der Waals surface area (Å²) in [6.07, 6.45) is 0. The normalized spacial score (nSPS) is 10.2. The molecule has 0 fully saturated rings. The Balaban J connectivity index is 2.10. The molecule has 0 atom stereocenters. The molecule has 0 aliphatic heterocycles. The molecule has 0 unspecified atom stereocenters. The number of hydrogen-bond donors (Lipinski definition) is 1. The summed E-state index contributed by atoms with van der Waals surface area (Å²) in [7, 11) is 1.80. The molecule has 0 radical (unpaired) electrons. The van der Waals surface area contributed by atoms with Gasteiger partial charge in [-0.25, -0.2) is 0 Å². The molecule has 4 nitrogen and oxygen atoms in total. The lowest BCUT2D eigenvalue weighted by atomic mass is 10.2. The summed E-state index contributed by atoms with van der Waals surface area (Å²) in [4.78, 5) is 12.0. The van der Waals surface area contributed by atoms with E-state index in [1.807, 2.05) is 37.3 Å². The summed E-state index contributed by atoms with van der Waals surface area (Å²) in [5, 5.41) is 1.68. The van der Waals surface area contributed by atoms with E-state index in [9.17, 15) is 4.79 Å². The van der Waals surface area contributed by atoms with Crippen LogP contribution in [0.15, 0.2) is 40.8 Å². The van der Waals surface area contributed by atoms with E-state index in [2.05, 4.69) is 5.43 Å².